The number of hydrogen-bond acceptors (Lipinski definition) is 5. The number of benzene rings is 2. The molecule has 2 aromatic carbocycles. The number of alkyl halides is 2. The lowest BCUT2D eigenvalue weighted by molar-refractivity contribution is -0.0248. The van der Waals surface area contributed by atoms with E-state index in [-0.39, 0.29) is 22.4 Å². The van der Waals surface area contributed by atoms with Crippen molar-refractivity contribution < 1.29 is 34.9 Å². The lowest BCUT2D eigenvalue weighted by atomic mass is 10.00. The van der Waals surface area contributed by atoms with Crippen LogP contribution in [0.2, 0.25) is 0 Å². The number of nitrogens with zero attached hydrogens (tertiary/aromatic N) is 3. The van der Waals surface area contributed by atoms with E-state index in [0.29, 0.717) is 16.7 Å². The topological polar surface area (TPSA) is 99.1 Å². The van der Waals surface area contributed by atoms with Crippen molar-refractivity contribution in [3.05, 3.63) is 70.2 Å². The van der Waals surface area contributed by atoms with E-state index in [0.717, 1.165) is 10.8 Å². The van der Waals surface area contributed by atoms with E-state index in [1.165, 1.54) is 25.1 Å². The van der Waals surface area contributed by atoms with Crippen LogP contribution in [0.15, 0.2) is 45.8 Å². The van der Waals surface area contributed by atoms with E-state index >= 15 is 8.78 Å². The molecular weight excluding hydrogens is 499 g/mol. The molecule has 1 aliphatic heterocycles. The van der Waals surface area contributed by atoms with Gasteiger partial charge in [0, 0.05) is 23.9 Å². The Hall–Kier alpha value is -3.52. The molecule has 1 N–H and O–H groups in total. The van der Waals surface area contributed by atoms with Crippen molar-refractivity contribution in [2.45, 2.75) is 25.4 Å². The van der Waals surface area contributed by atoms with Crippen molar-refractivity contribution in [1.82, 2.24) is 19.0 Å². The summed E-state index contributed by atoms with van der Waals surface area (Å²) in [6.07, 6.45) is 0.772. The molecule has 0 bridgehead atoms. The van der Waals surface area contributed by atoms with Gasteiger partial charge in [0.1, 0.15) is 29.2 Å². The summed E-state index contributed by atoms with van der Waals surface area (Å²) in [6, 6.07) is 3.12. The Morgan fingerprint density at radius 3 is 2.51 bits per heavy atom. The van der Waals surface area contributed by atoms with Crippen LogP contribution < -0.4 is 10.4 Å². The van der Waals surface area contributed by atoms with Crippen molar-refractivity contribution in [3.63, 3.8) is 0 Å². The molecule has 1 aliphatic rings. The minimum absolute atomic E-state index is 0.0146. The first-order valence-corrected chi connectivity index (χ1v) is 11.8. The Kier molecular flexibility index (Phi) is 5.14. The zero-order chi connectivity index (χ0) is 25.3. The zero-order valence-electron chi connectivity index (χ0n) is 17.7. The molecule has 0 unspecified atom stereocenters. The zero-order valence-corrected chi connectivity index (χ0v) is 18.5. The molecular formula is C21H15F5N4O4S. The second-order valence-corrected chi connectivity index (χ2v) is 9.95. The number of imidazole rings is 1. The smallest absolute Gasteiger partial charge is 0.334 e. The summed E-state index contributed by atoms with van der Waals surface area (Å²) in [5.41, 5.74) is -2.56. The highest BCUT2D eigenvalue weighted by atomic mass is 32.2. The minimum atomic E-state index is -3.99. The molecule has 0 aliphatic carbocycles. The molecule has 4 aromatic rings. The molecule has 0 amide bonds. The summed E-state index contributed by atoms with van der Waals surface area (Å²) in [7, 11) is -3.99. The number of nitrogens with one attached hydrogen (secondary N) is 1. The van der Waals surface area contributed by atoms with Gasteiger partial charge in [0.15, 0.2) is 11.4 Å². The third-order valence-electron chi connectivity index (χ3n) is 5.81. The van der Waals surface area contributed by atoms with Gasteiger partial charge in [-0.2, -0.15) is 8.78 Å². The Balaban J connectivity index is 1.67. The third kappa shape index (κ3) is 3.55. The van der Waals surface area contributed by atoms with Crippen LogP contribution in [0.25, 0.3) is 27.9 Å². The van der Waals surface area contributed by atoms with E-state index < -0.39 is 68.7 Å². The van der Waals surface area contributed by atoms with Crippen molar-refractivity contribution in [2.24, 2.45) is 0 Å². The van der Waals surface area contributed by atoms with Crippen molar-refractivity contribution in [3.8, 4) is 16.9 Å². The van der Waals surface area contributed by atoms with Gasteiger partial charge < -0.3 is 4.52 Å². The average Bonchev–Trinajstić information content (AvgIpc) is 3.41. The van der Waals surface area contributed by atoms with Crippen LogP contribution in [0.3, 0.4) is 0 Å². The standard InChI is InChI=1S/C21H15F5N4O4S/c1-2-35(32,33)28-15-8-29-16(21(15,25)26)9-30(20(29)31)19-18-11(4-3-5-14(18)34-27-19)17-12(23)6-10(22)7-13(17)24/h3-7,9,15,28H,2,8H2,1H3/t15-/m1/s1. The highest BCUT2D eigenvalue weighted by Crippen LogP contribution is 2.40. The van der Waals surface area contributed by atoms with Crippen LogP contribution >= 0.6 is 0 Å². The first-order valence-electron chi connectivity index (χ1n) is 10.2. The van der Waals surface area contributed by atoms with Gasteiger partial charge in [0.25, 0.3) is 0 Å². The molecule has 3 heterocycles. The summed E-state index contributed by atoms with van der Waals surface area (Å²) >= 11 is 0. The SMILES string of the molecule is CCS(=O)(=O)N[C@@H]1Cn2c(cn(-c3noc4cccc(-c5c(F)cc(F)cc5F)c34)c2=O)C1(F)F. The molecule has 8 nitrogen and oxygen atoms in total. The van der Waals surface area contributed by atoms with E-state index in [4.69, 9.17) is 4.52 Å². The van der Waals surface area contributed by atoms with Crippen LogP contribution in [-0.2, 0) is 22.5 Å². The molecule has 0 radical (unpaired) electrons. The van der Waals surface area contributed by atoms with E-state index in [9.17, 15) is 26.4 Å². The number of hydrogen-bond donors (Lipinski definition) is 1. The minimum Gasteiger partial charge on any atom is -0.354 e. The molecule has 2 aromatic heterocycles. The van der Waals surface area contributed by atoms with Gasteiger partial charge in [-0.15, -0.1) is 0 Å². The van der Waals surface area contributed by atoms with Gasteiger partial charge in [-0.3, -0.25) is 4.57 Å². The summed E-state index contributed by atoms with van der Waals surface area (Å²) in [6.45, 7) is 0.625. The van der Waals surface area contributed by atoms with Crippen molar-refractivity contribution >= 4 is 21.0 Å². The van der Waals surface area contributed by atoms with Gasteiger partial charge in [-0.05, 0) is 13.0 Å². The largest absolute Gasteiger partial charge is 0.354 e. The molecule has 0 spiro atoms. The maximum Gasteiger partial charge on any atom is 0.334 e. The third-order valence-corrected chi connectivity index (χ3v) is 7.21. The number of halogens is 5. The Labute approximate surface area is 193 Å². The van der Waals surface area contributed by atoms with E-state index in [2.05, 4.69) is 5.16 Å². The van der Waals surface area contributed by atoms with Gasteiger partial charge in [0.2, 0.25) is 10.0 Å². The van der Waals surface area contributed by atoms with Crippen LogP contribution in [0.4, 0.5) is 22.0 Å². The molecule has 35 heavy (non-hydrogen) atoms. The maximum atomic E-state index is 15.0. The normalized spacial score (nSPS) is 17.3. The molecule has 0 saturated carbocycles. The fourth-order valence-electron chi connectivity index (χ4n) is 4.11. The van der Waals surface area contributed by atoms with Crippen molar-refractivity contribution in [2.75, 3.05) is 5.75 Å². The second kappa shape index (κ2) is 7.75. The summed E-state index contributed by atoms with van der Waals surface area (Å²) < 4.78 is 105. The second-order valence-electron chi connectivity index (χ2n) is 7.90. The summed E-state index contributed by atoms with van der Waals surface area (Å²) in [5, 5.41) is 3.67. The van der Waals surface area contributed by atoms with Gasteiger partial charge >= 0.3 is 11.6 Å². The molecule has 0 fully saturated rings. The average molecular weight is 514 g/mol. The summed E-state index contributed by atoms with van der Waals surface area (Å²) in [4.78, 5) is 13.0. The van der Waals surface area contributed by atoms with Gasteiger partial charge in [-0.25, -0.2) is 35.7 Å². The Morgan fingerprint density at radius 1 is 1.20 bits per heavy atom. The molecule has 14 heteroatoms. The molecule has 184 valence electrons. The van der Waals surface area contributed by atoms with Gasteiger partial charge in [-0.1, -0.05) is 17.3 Å². The van der Waals surface area contributed by atoms with Crippen LogP contribution in [0.1, 0.15) is 12.6 Å². The fourth-order valence-corrected chi connectivity index (χ4v) is 4.93. The first kappa shape index (κ1) is 23.2. The van der Waals surface area contributed by atoms with Crippen molar-refractivity contribution in [1.29, 1.82) is 0 Å². The van der Waals surface area contributed by atoms with E-state index in [1.807, 2.05) is 4.72 Å². The number of sulfonamides is 1. The Morgan fingerprint density at radius 2 is 1.89 bits per heavy atom. The maximum absolute atomic E-state index is 15.0. The monoisotopic (exact) mass is 514 g/mol. The Bertz CT molecular complexity index is 1630. The fraction of sp³-hybridized carbons (Fsp3) is 0.238. The molecule has 1 atom stereocenters. The first-order chi connectivity index (χ1) is 16.4. The summed E-state index contributed by atoms with van der Waals surface area (Å²) in [5.74, 6) is -8.10. The number of rotatable bonds is 5. The molecule has 5 rings (SSSR count). The number of fused-ring (bicyclic) bond motifs is 2. The molecule has 0 saturated heterocycles. The van der Waals surface area contributed by atoms with Crippen LogP contribution in [0, 0.1) is 17.5 Å². The van der Waals surface area contributed by atoms with Gasteiger partial charge in [0.05, 0.1) is 23.2 Å². The highest BCUT2D eigenvalue weighted by Gasteiger charge is 2.52. The number of aromatic nitrogens is 3. The van der Waals surface area contributed by atoms with Crippen LogP contribution in [-0.4, -0.2) is 34.5 Å². The lowest BCUT2D eigenvalue weighted by Crippen LogP contribution is -2.45. The van der Waals surface area contributed by atoms with Crippen LogP contribution in [0.5, 0.6) is 0 Å². The predicted molar refractivity (Wildman–Crippen MR) is 113 cm³/mol. The predicted octanol–water partition coefficient (Wildman–Crippen LogP) is 3.28. The quantitative estimate of drug-likeness (QED) is 0.412. The van der Waals surface area contributed by atoms with E-state index in [1.54, 1.807) is 0 Å². The lowest BCUT2D eigenvalue weighted by Gasteiger charge is -2.19. The highest BCUT2D eigenvalue weighted by molar-refractivity contribution is 7.89.